The van der Waals surface area contributed by atoms with Crippen molar-refractivity contribution < 1.29 is 32.2 Å². The highest BCUT2D eigenvalue weighted by molar-refractivity contribution is 6.31. The van der Waals surface area contributed by atoms with Crippen LogP contribution >= 0.6 is 11.6 Å². The molecule has 0 aromatic heterocycles. The van der Waals surface area contributed by atoms with E-state index in [4.69, 9.17) is 21.1 Å². The first-order chi connectivity index (χ1) is 12.7. The van der Waals surface area contributed by atoms with Gasteiger partial charge in [0.15, 0.2) is 6.61 Å². The van der Waals surface area contributed by atoms with Gasteiger partial charge in [0.2, 0.25) is 0 Å². The number of nitrogens with one attached hydrogen (secondary N) is 1. The van der Waals surface area contributed by atoms with Crippen molar-refractivity contribution in [3.63, 3.8) is 0 Å². The van der Waals surface area contributed by atoms with Crippen LogP contribution in [0.1, 0.15) is 22.8 Å². The minimum absolute atomic E-state index is 0.123. The molecule has 0 unspecified atom stereocenters. The zero-order valence-corrected chi connectivity index (χ0v) is 14.9. The number of halogens is 4. The first kappa shape index (κ1) is 20.6. The van der Waals surface area contributed by atoms with Crippen molar-refractivity contribution in [3.05, 3.63) is 58.6 Å². The summed E-state index contributed by atoms with van der Waals surface area (Å²) >= 11 is 5.51. The van der Waals surface area contributed by atoms with Gasteiger partial charge in [-0.2, -0.15) is 13.2 Å². The van der Waals surface area contributed by atoms with E-state index in [1.165, 1.54) is 12.1 Å². The highest BCUT2D eigenvalue weighted by Crippen LogP contribution is 2.36. The highest BCUT2D eigenvalue weighted by atomic mass is 35.5. The van der Waals surface area contributed by atoms with Crippen LogP contribution in [0, 0.1) is 0 Å². The summed E-state index contributed by atoms with van der Waals surface area (Å²) < 4.78 is 48.7. The number of para-hydroxylation sites is 1. The second-order valence-electron chi connectivity index (χ2n) is 5.25. The van der Waals surface area contributed by atoms with Gasteiger partial charge in [0, 0.05) is 5.69 Å². The SMILES string of the molecule is CCOc1ccccc1C(=O)OCC(=O)Nc1ccc(Cl)c(C(F)(F)F)c1. The summed E-state index contributed by atoms with van der Waals surface area (Å²) in [5.74, 6) is -1.29. The van der Waals surface area contributed by atoms with Crippen LogP contribution in [-0.4, -0.2) is 25.1 Å². The zero-order chi connectivity index (χ0) is 20.0. The largest absolute Gasteiger partial charge is 0.493 e. The zero-order valence-electron chi connectivity index (χ0n) is 14.1. The van der Waals surface area contributed by atoms with E-state index in [2.05, 4.69) is 5.32 Å². The Morgan fingerprint density at radius 3 is 2.52 bits per heavy atom. The van der Waals surface area contributed by atoms with Crippen molar-refractivity contribution >= 4 is 29.2 Å². The molecule has 0 spiro atoms. The molecule has 0 saturated heterocycles. The molecule has 5 nitrogen and oxygen atoms in total. The van der Waals surface area contributed by atoms with Gasteiger partial charge in [-0.15, -0.1) is 0 Å². The van der Waals surface area contributed by atoms with Gasteiger partial charge >= 0.3 is 12.1 Å². The van der Waals surface area contributed by atoms with Crippen molar-refractivity contribution in [2.45, 2.75) is 13.1 Å². The van der Waals surface area contributed by atoms with Gasteiger partial charge in [0.1, 0.15) is 11.3 Å². The summed E-state index contributed by atoms with van der Waals surface area (Å²) in [5, 5.41) is 1.74. The molecule has 27 heavy (non-hydrogen) atoms. The number of hydrogen-bond acceptors (Lipinski definition) is 4. The molecule has 0 heterocycles. The predicted octanol–water partition coefficient (Wildman–Crippen LogP) is 4.55. The lowest BCUT2D eigenvalue weighted by Crippen LogP contribution is -2.21. The predicted molar refractivity (Wildman–Crippen MR) is 93.0 cm³/mol. The summed E-state index contributed by atoms with van der Waals surface area (Å²) in [6.45, 7) is 1.41. The van der Waals surface area contributed by atoms with E-state index in [9.17, 15) is 22.8 Å². The van der Waals surface area contributed by atoms with Gasteiger partial charge in [-0.05, 0) is 37.3 Å². The molecule has 0 bridgehead atoms. The fraction of sp³-hybridized carbons (Fsp3) is 0.222. The van der Waals surface area contributed by atoms with Crippen LogP contribution in [-0.2, 0) is 15.7 Å². The van der Waals surface area contributed by atoms with E-state index < -0.39 is 35.2 Å². The Labute approximate surface area is 158 Å². The van der Waals surface area contributed by atoms with Crippen LogP contribution in [0.5, 0.6) is 5.75 Å². The Kier molecular flexibility index (Phi) is 6.68. The van der Waals surface area contributed by atoms with Crippen LogP contribution in [0.3, 0.4) is 0 Å². The molecule has 0 aliphatic rings. The third kappa shape index (κ3) is 5.62. The average molecular weight is 402 g/mol. The van der Waals surface area contributed by atoms with Gasteiger partial charge in [0.25, 0.3) is 5.91 Å². The molecule has 2 aromatic carbocycles. The molecular weight excluding hydrogens is 387 g/mol. The lowest BCUT2D eigenvalue weighted by atomic mass is 10.2. The summed E-state index contributed by atoms with van der Waals surface area (Å²) in [7, 11) is 0. The Bertz CT molecular complexity index is 840. The number of ether oxygens (including phenoxy) is 2. The maximum atomic E-state index is 12.8. The Morgan fingerprint density at radius 1 is 1.15 bits per heavy atom. The van der Waals surface area contributed by atoms with Gasteiger partial charge < -0.3 is 14.8 Å². The number of carbonyl (C=O) groups excluding carboxylic acids is 2. The van der Waals surface area contributed by atoms with Crippen LogP contribution in [0.4, 0.5) is 18.9 Å². The summed E-state index contributed by atoms with van der Waals surface area (Å²) in [6.07, 6.45) is -4.66. The number of anilines is 1. The molecule has 2 aromatic rings. The van der Waals surface area contributed by atoms with Crippen molar-refractivity contribution in [3.8, 4) is 5.75 Å². The Morgan fingerprint density at radius 2 is 1.85 bits per heavy atom. The van der Waals surface area contributed by atoms with Crippen molar-refractivity contribution in [1.82, 2.24) is 0 Å². The Hall–Kier alpha value is -2.74. The molecular formula is C18H15ClF3NO4. The molecule has 0 saturated carbocycles. The minimum Gasteiger partial charge on any atom is -0.493 e. The van der Waals surface area contributed by atoms with Crippen LogP contribution in [0.2, 0.25) is 5.02 Å². The number of amides is 1. The van der Waals surface area contributed by atoms with Gasteiger partial charge in [0.05, 0.1) is 17.2 Å². The maximum absolute atomic E-state index is 12.8. The first-order valence-electron chi connectivity index (χ1n) is 7.78. The summed E-state index contributed by atoms with van der Waals surface area (Å²) in [5.41, 5.74) is -1.06. The van der Waals surface area contributed by atoms with Crippen LogP contribution in [0.25, 0.3) is 0 Å². The van der Waals surface area contributed by atoms with Gasteiger partial charge in [-0.1, -0.05) is 23.7 Å². The molecule has 2 rings (SSSR count). The molecule has 144 valence electrons. The van der Waals surface area contributed by atoms with Gasteiger partial charge in [-0.3, -0.25) is 4.79 Å². The number of carbonyl (C=O) groups is 2. The monoisotopic (exact) mass is 401 g/mol. The van der Waals surface area contributed by atoms with Crippen LogP contribution < -0.4 is 10.1 Å². The normalized spacial score (nSPS) is 11.0. The highest BCUT2D eigenvalue weighted by Gasteiger charge is 2.33. The fourth-order valence-electron chi connectivity index (χ4n) is 2.14. The minimum atomic E-state index is -4.66. The summed E-state index contributed by atoms with van der Waals surface area (Å²) in [4.78, 5) is 23.9. The van der Waals surface area contributed by atoms with E-state index >= 15 is 0 Å². The average Bonchev–Trinajstić information content (AvgIpc) is 2.61. The lowest BCUT2D eigenvalue weighted by molar-refractivity contribution is -0.137. The number of esters is 1. The van der Waals surface area contributed by atoms with Crippen molar-refractivity contribution in [2.24, 2.45) is 0 Å². The number of rotatable bonds is 6. The summed E-state index contributed by atoms with van der Waals surface area (Å²) in [6, 6.07) is 9.25. The van der Waals surface area contributed by atoms with Gasteiger partial charge in [-0.25, -0.2) is 4.79 Å². The smallest absolute Gasteiger partial charge is 0.417 e. The molecule has 0 fully saturated rings. The quantitative estimate of drug-likeness (QED) is 0.721. The topological polar surface area (TPSA) is 64.6 Å². The van der Waals surface area contributed by atoms with E-state index in [-0.39, 0.29) is 11.3 Å². The van der Waals surface area contributed by atoms with Crippen molar-refractivity contribution in [2.75, 3.05) is 18.5 Å². The number of benzene rings is 2. The molecule has 1 amide bonds. The molecule has 0 radical (unpaired) electrons. The van der Waals surface area contributed by atoms with E-state index in [1.54, 1.807) is 25.1 Å². The number of alkyl halides is 3. The molecule has 0 aliphatic carbocycles. The number of hydrogen-bond donors (Lipinski definition) is 1. The van der Waals surface area contributed by atoms with E-state index in [1.807, 2.05) is 0 Å². The molecule has 0 aliphatic heterocycles. The first-order valence-corrected chi connectivity index (χ1v) is 8.15. The molecule has 1 N–H and O–H groups in total. The second-order valence-corrected chi connectivity index (χ2v) is 5.65. The van der Waals surface area contributed by atoms with E-state index in [0.717, 1.165) is 6.07 Å². The second kappa shape index (κ2) is 8.77. The third-order valence-corrected chi connectivity index (χ3v) is 3.63. The van der Waals surface area contributed by atoms with E-state index in [0.29, 0.717) is 18.4 Å². The maximum Gasteiger partial charge on any atom is 0.417 e. The third-order valence-electron chi connectivity index (χ3n) is 3.30. The standard InChI is InChI=1S/C18H15ClF3NO4/c1-2-26-15-6-4-3-5-12(15)17(25)27-10-16(24)23-11-7-8-14(19)13(9-11)18(20,21)22/h3-9H,2,10H2,1H3,(H,23,24). The molecule has 9 heteroatoms. The van der Waals surface area contributed by atoms with Crippen LogP contribution in [0.15, 0.2) is 42.5 Å². The molecule has 0 atom stereocenters. The van der Waals surface area contributed by atoms with Crippen molar-refractivity contribution in [1.29, 1.82) is 0 Å². The Balaban J connectivity index is 2.00. The lowest BCUT2D eigenvalue weighted by Gasteiger charge is -2.12. The fourth-order valence-corrected chi connectivity index (χ4v) is 2.37.